The predicted octanol–water partition coefficient (Wildman–Crippen LogP) is 3.46. The number of esters is 1. The molecule has 3 rings (SSSR count). The van der Waals surface area contributed by atoms with Gasteiger partial charge in [-0.15, -0.1) is 0 Å². The van der Waals surface area contributed by atoms with E-state index in [1.165, 1.54) is 17.7 Å². The number of nitrogens with zero attached hydrogens (tertiary/aromatic N) is 2. The highest BCUT2D eigenvalue weighted by Gasteiger charge is 2.18. The number of fused-ring (bicyclic) bond motifs is 1. The van der Waals surface area contributed by atoms with E-state index in [0.29, 0.717) is 5.52 Å². The number of ether oxygens (including phenoxy) is 1. The molecule has 0 saturated heterocycles. The van der Waals surface area contributed by atoms with Gasteiger partial charge in [0.1, 0.15) is 23.7 Å². The minimum atomic E-state index is -1.05. The molecule has 1 heterocycles. The van der Waals surface area contributed by atoms with E-state index in [1.807, 2.05) is 25.1 Å². The maximum atomic E-state index is 13.9. The Balaban J connectivity index is 2.19. The second-order valence-electron chi connectivity index (χ2n) is 5.72. The molecule has 0 unspecified atom stereocenters. The number of thiazole rings is 1. The lowest BCUT2D eigenvalue weighted by Gasteiger charge is -2.04. The molecule has 8 heteroatoms. The summed E-state index contributed by atoms with van der Waals surface area (Å²) in [6.07, 6.45) is 0.816. The fourth-order valence-corrected chi connectivity index (χ4v) is 3.71. The fourth-order valence-electron chi connectivity index (χ4n) is 2.61. The average molecular weight is 390 g/mol. The number of benzene rings is 2. The van der Waals surface area contributed by atoms with E-state index in [2.05, 4.69) is 4.99 Å². The highest BCUT2D eigenvalue weighted by Crippen LogP contribution is 2.20. The maximum absolute atomic E-state index is 13.9. The van der Waals surface area contributed by atoms with Gasteiger partial charge in [0, 0.05) is 0 Å². The summed E-state index contributed by atoms with van der Waals surface area (Å²) in [5, 5.41) is 0. The first-order valence-corrected chi connectivity index (χ1v) is 8.98. The lowest BCUT2D eigenvalue weighted by molar-refractivity contribution is -0.141. The molecule has 1 amide bonds. The zero-order valence-electron chi connectivity index (χ0n) is 14.7. The van der Waals surface area contributed by atoms with Gasteiger partial charge in [0.05, 0.1) is 17.3 Å². The number of amides is 1. The molecule has 3 aromatic rings. The topological polar surface area (TPSA) is 60.7 Å². The Kier molecular flexibility index (Phi) is 5.46. The van der Waals surface area contributed by atoms with Crippen LogP contribution >= 0.6 is 11.3 Å². The molecular formula is C19H16F2N2O3S. The largest absolute Gasteiger partial charge is 0.468 e. The summed E-state index contributed by atoms with van der Waals surface area (Å²) >= 11 is 1.16. The lowest BCUT2D eigenvalue weighted by Crippen LogP contribution is -2.22. The summed E-state index contributed by atoms with van der Waals surface area (Å²) in [7, 11) is 1.25. The Labute approximate surface area is 157 Å². The van der Waals surface area contributed by atoms with Gasteiger partial charge in [-0.2, -0.15) is 4.99 Å². The van der Waals surface area contributed by atoms with E-state index in [1.54, 1.807) is 0 Å². The van der Waals surface area contributed by atoms with Crippen LogP contribution in [0.15, 0.2) is 41.4 Å². The van der Waals surface area contributed by atoms with Crippen LogP contribution in [0.5, 0.6) is 0 Å². The summed E-state index contributed by atoms with van der Waals surface area (Å²) in [5.74, 6) is -3.55. The van der Waals surface area contributed by atoms with Gasteiger partial charge in [0.15, 0.2) is 4.80 Å². The van der Waals surface area contributed by atoms with Gasteiger partial charge in [-0.05, 0) is 36.2 Å². The summed E-state index contributed by atoms with van der Waals surface area (Å²) in [6.45, 7) is 1.83. The van der Waals surface area contributed by atoms with Crippen LogP contribution in [-0.2, 0) is 22.5 Å². The Morgan fingerprint density at radius 3 is 2.52 bits per heavy atom. The van der Waals surface area contributed by atoms with Crippen molar-refractivity contribution in [3.05, 3.63) is 64.0 Å². The van der Waals surface area contributed by atoms with Crippen LogP contribution in [0.3, 0.4) is 0 Å². The first-order valence-electron chi connectivity index (χ1n) is 8.16. The molecule has 0 atom stereocenters. The van der Waals surface area contributed by atoms with Gasteiger partial charge in [-0.25, -0.2) is 8.78 Å². The molecule has 2 aromatic carbocycles. The van der Waals surface area contributed by atoms with Crippen molar-refractivity contribution < 1.29 is 23.1 Å². The van der Waals surface area contributed by atoms with Gasteiger partial charge < -0.3 is 9.30 Å². The first kappa shape index (κ1) is 18.9. The molecule has 0 fully saturated rings. The second-order valence-corrected chi connectivity index (χ2v) is 6.73. The zero-order valence-corrected chi connectivity index (χ0v) is 15.5. The number of carbonyl (C=O) groups is 2. The number of aryl methyl sites for hydroxylation is 1. The quantitative estimate of drug-likeness (QED) is 0.641. The first-order chi connectivity index (χ1) is 12.9. The van der Waals surface area contributed by atoms with Gasteiger partial charge in [-0.3, -0.25) is 9.59 Å². The molecule has 27 heavy (non-hydrogen) atoms. The van der Waals surface area contributed by atoms with Crippen LogP contribution in [-0.4, -0.2) is 23.6 Å². The monoisotopic (exact) mass is 390 g/mol. The smallest absolute Gasteiger partial charge is 0.325 e. The maximum Gasteiger partial charge on any atom is 0.325 e. The second kappa shape index (κ2) is 7.79. The van der Waals surface area contributed by atoms with Crippen LogP contribution < -0.4 is 4.80 Å². The van der Waals surface area contributed by atoms with E-state index in [4.69, 9.17) is 4.74 Å². The van der Waals surface area contributed by atoms with E-state index in [9.17, 15) is 18.4 Å². The Morgan fingerprint density at radius 1 is 1.19 bits per heavy atom. The van der Waals surface area contributed by atoms with E-state index < -0.39 is 29.1 Å². The molecule has 0 spiro atoms. The van der Waals surface area contributed by atoms with E-state index in [-0.39, 0.29) is 11.3 Å². The van der Waals surface area contributed by atoms with Crippen molar-refractivity contribution in [2.24, 2.45) is 4.99 Å². The number of rotatable bonds is 4. The molecule has 0 aliphatic heterocycles. The summed E-state index contributed by atoms with van der Waals surface area (Å²) in [4.78, 5) is 28.2. The normalized spacial score (nSPS) is 11.8. The van der Waals surface area contributed by atoms with Crippen molar-refractivity contribution in [2.45, 2.75) is 19.9 Å². The third-order valence-corrected chi connectivity index (χ3v) is 5.09. The zero-order chi connectivity index (χ0) is 19.6. The van der Waals surface area contributed by atoms with E-state index >= 15 is 0 Å². The minimum Gasteiger partial charge on any atom is -0.468 e. The van der Waals surface area contributed by atoms with Gasteiger partial charge in [-0.1, -0.05) is 30.4 Å². The molecule has 0 bridgehead atoms. The molecule has 140 valence electrons. The molecule has 5 nitrogen and oxygen atoms in total. The molecule has 0 saturated carbocycles. The molecule has 0 N–H and O–H groups in total. The molecule has 0 aliphatic rings. The Bertz CT molecular complexity index is 1080. The number of methoxy groups -OCH3 is 1. The highest BCUT2D eigenvalue weighted by molar-refractivity contribution is 7.16. The number of aromatic nitrogens is 1. The van der Waals surface area contributed by atoms with Crippen molar-refractivity contribution >= 4 is 33.4 Å². The van der Waals surface area contributed by atoms with Crippen molar-refractivity contribution in [3.8, 4) is 0 Å². The highest BCUT2D eigenvalue weighted by atomic mass is 32.1. The fraction of sp³-hybridized carbons (Fsp3) is 0.211. The Morgan fingerprint density at radius 2 is 1.89 bits per heavy atom. The summed E-state index contributed by atoms with van der Waals surface area (Å²) in [5.41, 5.74) is 1.03. The number of halogens is 2. The van der Waals surface area contributed by atoms with Gasteiger partial charge in [0.2, 0.25) is 0 Å². The lowest BCUT2D eigenvalue weighted by atomic mass is 10.2. The van der Waals surface area contributed by atoms with Crippen molar-refractivity contribution in [1.29, 1.82) is 0 Å². The van der Waals surface area contributed by atoms with Crippen LogP contribution in [0.1, 0.15) is 22.8 Å². The van der Waals surface area contributed by atoms with Gasteiger partial charge >= 0.3 is 5.97 Å². The summed E-state index contributed by atoms with van der Waals surface area (Å²) < 4.78 is 34.8. The molecule has 1 aromatic heterocycles. The predicted molar refractivity (Wildman–Crippen MR) is 97.5 cm³/mol. The van der Waals surface area contributed by atoms with Crippen molar-refractivity contribution in [3.63, 3.8) is 0 Å². The number of hydrogen-bond donors (Lipinski definition) is 0. The van der Waals surface area contributed by atoms with Crippen LogP contribution in [0, 0.1) is 11.6 Å². The van der Waals surface area contributed by atoms with E-state index in [0.717, 1.165) is 40.2 Å². The van der Waals surface area contributed by atoms with Crippen molar-refractivity contribution in [2.75, 3.05) is 7.11 Å². The minimum absolute atomic E-state index is 0.163. The third-order valence-electron chi connectivity index (χ3n) is 4.04. The van der Waals surface area contributed by atoms with Crippen LogP contribution in [0.4, 0.5) is 8.78 Å². The van der Waals surface area contributed by atoms with Crippen LogP contribution in [0.25, 0.3) is 10.2 Å². The number of hydrogen-bond acceptors (Lipinski definition) is 4. The van der Waals surface area contributed by atoms with Gasteiger partial charge in [0.25, 0.3) is 5.91 Å². The molecule has 0 radical (unpaired) electrons. The average Bonchev–Trinajstić information content (AvgIpc) is 2.97. The SMILES string of the molecule is CCc1ccc2c(c1)sc(=NC(=O)c1c(F)cccc1F)n2CC(=O)OC. The number of carbonyl (C=O) groups excluding carboxylic acids is 2. The summed E-state index contributed by atoms with van der Waals surface area (Å²) in [6, 6.07) is 8.82. The van der Waals surface area contributed by atoms with Crippen LogP contribution in [0.2, 0.25) is 0 Å². The standard InChI is InChI=1S/C19H16F2N2O3S/c1-3-11-7-8-14-15(9-11)27-19(23(14)10-16(24)26-2)22-18(25)17-12(20)5-4-6-13(17)21/h4-9H,3,10H2,1-2H3. The molecule has 0 aliphatic carbocycles. The Hall–Kier alpha value is -2.87. The third kappa shape index (κ3) is 3.80. The molecular weight excluding hydrogens is 374 g/mol. The van der Waals surface area contributed by atoms with Crippen molar-refractivity contribution in [1.82, 2.24) is 4.57 Å².